The Balaban J connectivity index is 2.12. The minimum atomic E-state index is 0.637. The van der Waals surface area contributed by atoms with E-state index in [4.69, 9.17) is 4.74 Å². The minimum Gasteiger partial charge on any atom is -0.478 e. The van der Waals surface area contributed by atoms with E-state index in [-0.39, 0.29) is 0 Å². The second kappa shape index (κ2) is 5.48. The number of alkyl halides is 1. The topological polar surface area (TPSA) is 38.2 Å². The van der Waals surface area contributed by atoms with Crippen molar-refractivity contribution in [2.75, 3.05) is 23.4 Å². The van der Waals surface area contributed by atoms with Crippen LogP contribution in [-0.2, 0) is 0 Å². The van der Waals surface area contributed by atoms with Gasteiger partial charge in [0.25, 0.3) is 0 Å². The quantitative estimate of drug-likeness (QED) is 0.752. The van der Waals surface area contributed by atoms with Gasteiger partial charge in [0.2, 0.25) is 5.88 Å². The third-order valence-electron chi connectivity index (χ3n) is 2.53. The lowest BCUT2D eigenvalue weighted by Crippen LogP contribution is -2.28. The molecule has 0 aliphatic heterocycles. The molecule has 1 aromatic rings. The van der Waals surface area contributed by atoms with Gasteiger partial charge in [0.1, 0.15) is 12.1 Å². The van der Waals surface area contributed by atoms with Crippen molar-refractivity contribution in [2.45, 2.75) is 25.8 Å². The molecule has 2 rings (SSSR count). The first kappa shape index (κ1) is 11.6. The van der Waals surface area contributed by atoms with Crippen molar-refractivity contribution in [1.29, 1.82) is 0 Å². The van der Waals surface area contributed by atoms with Gasteiger partial charge < -0.3 is 9.64 Å². The van der Waals surface area contributed by atoms with Crippen molar-refractivity contribution >= 4 is 21.7 Å². The van der Waals surface area contributed by atoms with Crippen LogP contribution in [0.4, 0.5) is 5.82 Å². The molecule has 88 valence electrons. The number of hydrogen-bond acceptors (Lipinski definition) is 4. The van der Waals surface area contributed by atoms with Crippen LogP contribution in [0.15, 0.2) is 12.4 Å². The van der Waals surface area contributed by atoms with Gasteiger partial charge >= 0.3 is 0 Å². The van der Waals surface area contributed by atoms with Gasteiger partial charge in [-0.25, -0.2) is 9.97 Å². The van der Waals surface area contributed by atoms with Crippen LogP contribution in [0.3, 0.4) is 0 Å². The van der Waals surface area contributed by atoms with E-state index in [9.17, 15) is 0 Å². The smallest absolute Gasteiger partial charge is 0.218 e. The second-order valence-electron chi connectivity index (χ2n) is 3.76. The number of anilines is 1. The summed E-state index contributed by atoms with van der Waals surface area (Å²) in [6.45, 7) is 3.57. The maximum absolute atomic E-state index is 5.39. The van der Waals surface area contributed by atoms with E-state index in [1.165, 1.54) is 12.8 Å². The Hall–Kier alpha value is -0.840. The Morgan fingerprint density at radius 3 is 2.94 bits per heavy atom. The predicted molar refractivity (Wildman–Crippen MR) is 67.4 cm³/mol. The monoisotopic (exact) mass is 285 g/mol. The lowest BCUT2D eigenvalue weighted by Gasteiger charge is -2.22. The molecule has 16 heavy (non-hydrogen) atoms. The molecule has 0 saturated heterocycles. The van der Waals surface area contributed by atoms with Crippen LogP contribution >= 0.6 is 15.9 Å². The molecule has 0 radical (unpaired) electrons. The maximum atomic E-state index is 5.39. The van der Waals surface area contributed by atoms with E-state index >= 15 is 0 Å². The summed E-state index contributed by atoms with van der Waals surface area (Å²) in [6, 6.07) is 2.58. The summed E-state index contributed by atoms with van der Waals surface area (Å²) in [5, 5.41) is 0.956. The molecule has 0 atom stereocenters. The van der Waals surface area contributed by atoms with E-state index in [1.54, 1.807) is 6.33 Å². The SMILES string of the molecule is CCOc1cc(N(CCBr)C2CC2)ncn1. The van der Waals surface area contributed by atoms with E-state index in [0.717, 1.165) is 17.7 Å². The molecule has 5 heteroatoms. The average Bonchev–Trinajstić information content (AvgIpc) is 3.11. The van der Waals surface area contributed by atoms with Gasteiger partial charge in [-0.15, -0.1) is 0 Å². The Labute approximate surface area is 104 Å². The molecular weight excluding hydrogens is 270 g/mol. The standard InChI is InChI=1S/C11H16BrN3O/c1-2-16-11-7-10(13-8-14-11)15(6-5-12)9-3-4-9/h7-9H,2-6H2,1H3. The Morgan fingerprint density at radius 2 is 2.31 bits per heavy atom. The van der Waals surface area contributed by atoms with Gasteiger partial charge in [-0.2, -0.15) is 0 Å². The Morgan fingerprint density at radius 1 is 1.50 bits per heavy atom. The molecule has 1 heterocycles. The highest BCUT2D eigenvalue weighted by Gasteiger charge is 2.29. The molecule has 0 bridgehead atoms. The summed E-state index contributed by atoms with van der Waals surface area (Å²) in [4.78, 5) is 10.7. The molecular formula is C11H16BrN3O. The highest BCUT2D eigenvalue weighted by atomic mass is 79.9. The lowest BCUT2D eigenvalue weighted by atomic mass is 10.4. The first-order chi connectivity index (χ1) is 7.85. The third kappa shape index (κ3) is 2.84. The van der Waals surface area contributed by atoms with Gasteiger partial charge in [0, 0.05) is 24.0 Å². The third-order valence-corrected chi connectivity index (χ3v) is 2.88. The molecule has 1 aliphatic carbocycles. The molecule has 0 N–H and O–H groups in total. The van der Waals surface area contributed by atoms with Gasteiger partial charge in [0.05, 0.1) is 6.61 Å². The van der Waals surface area contributed by atoms with Crippen LogP contribution < -0.4 is 9.64 Å². The van der Waals surface area contributed by atoms with Gasteiger partial charge in [-0.05, 0) is 19.8 Å². The zero-order valence-corrected chi connectivity index (χ0v) is 11.0. The number of hydrogen-bond donors (Lipinski definition) is 0. The molecule has 1 fully saturated rings. The summed E-state index contributed by atoms with van der Waals surface area (Å²) in [6.07, 6.45) is 4.10. The number of nitrogens with zero attached hydrogens (tertiary/aromatic N) is 3. The van der Waals surface area contributed by atoms with E-state index in [1.807, 2.05) is 13.0 Å². The maximum Gasteiger partial charge on any atom is 0.218 e. The van der Waals surface area contributed by atoms with Crippen molar-refractivity contribution in [3.63, 3.8) is 0 Å². The number of aromatic nitrogens is 2. The largest absolute Gasteiger partial charge is 0.478 e. The fourth-order valence-electron chi connectivity index (χ4n) is 1.68. The Bertz CT molecular complexity index is 344. The molecule has 4 nitrogen and oxygen atoms in total. The first-order valence-electron chi connectivity index (χ1n) is 5.62. The van der Waals surface area contributed by atoms with Crippen LogP contribution in [0.25, 0.3) is 0 Å². The summed E-state index contributed by atoms with van der Waals surface area (Å²) < 4.78 is 5.39. The molecule has 0 aromatic carbocycles. The molecule has 1 aliphatic rings. The molecule has 0 spiro atoms. The predicted octanol–water partition coefficient (Wildman–Crippen LogP) is 2.24. The normalized spacial score (nSPS) is 14.9. The highest BCUT2D eigenvalue weighted by molar-refractivity contribution is 9.09. The van der Waals surface area contributed by atoms with Crippen LogP contribution in [0.1, 0.15) is 19.8 Å². The lowest BCUT2D eigenvalue weighted by molar-refractivity contribution is 0.326. The highest BCUT2D eigenvalue weighted by Crippen LogP contribution is 2.31. The summed E-state index contributed by atoms with van der Waals surface area (Å²) in [5.41, 5.74) is 0. The first-order valence-corrected chi connectivity index (χ1v) is 6.74. The molecule has 1 aromatic heterocycles. The summed E-state index contributed by atoms with van der Waals surface area (Å²) in [5.74, 6) is 1.63. The van der Waals surface area contributed by atoms with Gasteiger partial charge in [0.15, 0.2) is 0 Å². The van der Waals surface area contributed by atoms with Crippen molar-refractivity contribution in [1.82, 2.24) is 9.97 Å². The van der Waals surface area contributed by atoms with Crippen molar-refractivity contribution < 1.29 is 4.74 Å². The Kier molecular flexibility index (Phi) is 3.98. The fraction of sp³-hybridized carbons (Fsp3) is 0.636. The van der Waals surface area contributed by atoms with Crippen molar-refractivity contribution in [3.05, 3.63) is 12.4 Å². The van der Waals surface area contributed by atoms with E-state index in [2.05, 4.69) is 30.8 Å². The van der Waals surface area contributed by atoms with Crippen LogP contribution in [0, 0.1) is 0 Å². The number of ether oxygens (including phenoxy) is 1. The zero-order chi connectivity index (χ0) is 11.4. The van der Waals surface area contributed by atoms with Crippen molar-refractivity contribution in [3.8, 4) is 5.88 Å². The molecule has 0 unspecified atom stereocenters. The van der Waals surface area contributed by atoms with Crippen molar-refractivity contribution in [2.24, 2.45) is 0 Å². The van der Waals surface area contributed by atoms with Gasteiger partial charge in [-0.3, -0.25) is 0 Å². The molecule has 0 amide bonds. The zero-order valence-electron chi connectivity index (χ0n) is 9.40. The van der Waals surface area contributed by atoms with E-state index < -0.39 is 0 Å². The number of halogens is 1. The van der Waals surface area contributed by atoms with Crippen LogP contribution in [-0.4, -0.2) is 34.5 Å². The fourth-order valence-corrected chi connectivity index (χ4v) is 2.06. The summed E-state index contributed by atoms with van der Waals surface area (Å²) in [7, 11) is 0. The number of rotatable bonds is 6. The van der Waals surface area contributed by atoms with Crippen LogP contribution in [0.5, 0.6) is 5.88 Å². The van der Waals surface area contributed by atoms with Gasteiger partial charge in [-0.1, -0.05) is 15.9 Å². The molecule has 1 saturated carbocycles. The van der Waals surface area contributed by atoms with Crippen LogP contribution in [0.2, 0.25) is 0 Å². The van der Waals surface area contributed by atoms with E-state index in [0.29, 0.717) is 18.5 Å². The second-order valence-corrected chi connectivity index (χ2v) is 4.55. The summed E-state index contributed by atoms with van der Waals surface area (Å²) >= 11 is 3.48. The minimum absolute atomic E-state index is 0.637. The average molecular weight is 286 g/mol.